The number of aliphatic hydroxyl groups is 1. The summed E-state index contributed by atoms with van der Waals surface area (Å²) in [7, 11) is 0. The Bertz CT molecular complexity index is 140. The van der Waals surface area contributed by atoms with Crippen molar-refractivity contribution in [1.82, 2.24) is 0 Å². The summed E-state index contributed by atoms with van der Waals surface area (Å²) >= 11 is 0. The maximum atomic E-state index is 9.35. The van der Waals surface area contributed by atoms with Crippen molar-refractivity contribution in [1.29, 1.82) is 0 Å². The van der Waals surface area contributed by atoms with E-state index in [2.05, 4.69) is 12.2 Å². The van der Waals surface area contributed by atoms with Crippen LogP contribution in [-0.4, -0.2) is 11.2 Å². The topological polar surface area (TPSA) is 20.2 Å². The Labute approximate surface area is 55.4 Å². The van der Waals surface area contributed by atoms with Gasteiger partial charge in [0.25, 0.3) is 0 Å². The van der Waals surface area contributed by atoms with Crippen molar-refractivity contribution in [2.24, 2.45) is 11.8 Å². The van der Waals surface area contributed by atoms with E-state index in [-0.39, 0.29) is 6.10 Å². The van der Waals surface area contributed by atoms with Crippen molar-refractivity contribution < 1.29 is 5.11 Å². The average molecular weight is 124 g/mol. The molecule has 0 unspecified atom stereocenters. The molecule has 0 spiro atoms. The highest BCUT2D eigenvalue weighted by molar-refractivity contribution is 5.06. The van der Waals surface area contributed by atoms with Crippen molar-refractivity contribution in [3.8, 4) is 0 Å². The van der Waals surface area contributed by atoms with Gasteiger partial charge in [0, 0.05) is 5.92 Å². The minimum absolute atomic E-state index is 0.0197. The molecule has 1 saturated carbocycles. The summed E-state index contributed by atoms with van der Waals surface area (Å²) in [6.45, 7) is 0. The predicted octanol–water partition coefficient (Wildman–Crippen LogP) is 1.33. The lowest BCUT2D eigenvalue weighted by molar-refractivity contribution is 0.0667. The first kappa shape index (κ1) is 5.48. The number of allylic oxidation sites excluding steroid dienone is 1. The maximum absolute atomic E-state index is 9.35. The van der Waals surface area contributed by atoms with Crippen LogP contribution < -0.4 is 0 Å². The molecule has 0 heterocycles. The van der Waals surface area contributed by atoms with E-state index in [9.17, 15) is 5.11 Å². The third-order valence-electron chi connectivity index (χ3n) is 2.54. The van der Waals surface area contributed by atoms with Crippen LogP contribution >= 0.6 is 0 Å². The van der Waals surface area contributed by atoms with Gasteiger partial charge in [0.1, 0.15) is 0 Å². The van der Waals surface area contributed by atoms with Crippen molar-refractivity contribution in [2.45, 2.75) is 25.4 Å². The van der Waals surface area contributed by atoms with Gasteiger partial charge in [-0.05, 0) is 25.2 Å². The molecule has 0 radical (unpaired) electrons. The number of aliphatic hydroxyl groups excluding tert-OH is 1. The molecule has 3 atom stereocenters. The van der Waals surface area contributed by atoms with Crippen molar-refractivity contribution in [2.75, 3.05) is 0 Å². The van der Waals surface area contributed by atoms with Gasteiger partial charge in [-0.15, -0.1) is 0 Å². The lowest BCUT2D eigenvalue weighted by Crippen LogP contribution is -2.31. The average Bonchev–Trinajstić information content (AvgIpc) is 1.90. The molecule has 3 aliphatic rings. The highest BCUT2D eigenvalue weighted by Crippen LogP contribution is 2.35. The molecule has 50 valence electrons. The van der Waals surface area contributed by atoms with Gasteiger partial charge in [-0.3, -0.25) is 0 Å². The fraction of sp³-hybridized carbons (Fsp3) is 0.750. The van der Waals surface area contributed by atoms with Crippen molar-refractivity contribution in [3.05, 3.63) is 12.2 Å². The summed E-state index contributed by atoms with van der Waals surface area (Å²) in [5.74, 6) is 1.19. The lowest BCUT2D eigenvalue weighted by atomic mass is 9.74. The fourth-order valence-corrected chi connectivity index (χ4v) is 1.90. The Hall–Kier alpha value is -0.300. The summed E-state index contributed by atoms with van der Waals surface area (Å²) in [4.78, 5) is 0. The Kier molecular flexibility index (Phi) is 1.12. The van der Waals surface area contributed by atoms with Gasteiger partial charge in [-0.25, -0.2) is 0 Å². The van der Waals surface area contributed by atoms with Gasteiger partial charge in [0.2, 0.25) is 0 Å². The molecule has 3 rings (SSSR count). The Morgan fingerprint density at radius 1 is 1.22 bits per heavy atom. The highest BCUT2D eigenvalue weighted by Gasteiger charge is 2.29. The second-order valence-corrected chi connectivity index (χ2v) is 3.19. The van der Waals surface area contributed by atoms with E-state index < -0.39 is 0 Å². The number of hydrogen-bond acceptors (Lipinski definition) is 1. The van der Waals surface area contributed by atoms with Gasteiger partial charge >= 0.3 is 0 Å². The van der Waals surface area contributed by atoms with Gasteiger partial charge in [0.05, 0.1) is 6.10 Å². The smallest absolute Gasteiger partial charge is 0.0608 e. The second-order valence-electron chi connectivity index (χ2n) is 3.19. The maximum Gasteiger partial charge on any atom is 0.0608 e. The second kappa shape index (κ2) is 1.84. The molecule has 0 amide bonds. The van der Waals surface area contributed by atoms with Crippen LogP contribution in [0.25, 0.3) is 0 Å². The van der Waals surface area contributed by atoms with Crippen LogP contribution in [0.5, 0.6) is 0 Å². The zero-order chi connectivity index (χ0) is 6.27. The van der Waals surface area contributed by atoms with Crippen LogP contribution in [0.3, 0.4) is 0 Å². The summed E-state index contributed by atoms with van der Waals surface area (Å²) in [6, 6.07) is 0. The fourth-order valence-electron chi connectivity index (χ4n) is 1.90. The summed E-state index contributed by atoms with van der Waals surface area (Å²) in [6.07, 6.45) is 7.96. The zero-order valence-electron chi connectivity index (χ0n) is 5.46. The first-order valence-electron chi connectivity index (χ1n) is 3.72. The van der Waals surface area contributed by atoms with Crippen LogP contribution in [-0.2, 0) is 0 Å². The molecule has 3 aliphatic carbocycles. The summed E-state index contributed by atoms with van der Waals surface area (Å²) in [5.41, 5.74) is 0. The molecule has 1 heteroatoms. The molecule has 1 nitrogen and oxygen atoms in total. The van der Waals surface area contributed by atoms with Gasteiger partial charge in [0.15, 0.2) is 0 Å². The minimum atomic E-state index is -0.0197. The van der Waals surface area contributed by atoms with Crippen LogP contribution in [0.15, 0.2) is 12.2 Å². The monoisotopic (exact) mass is 124 g/mol. The van der Waals surface area contributed by atoms with E-state index >= 15 is 0 Å². The normalized spacial score (nSPS) is 47.9. The predicted molar refractivity (Wildman–Crippen MR) is 36.0 cm³/mol. The molecule has 2 bridgehead atoms. The van der Waals surface area contributed by atoms with Gasteiger partial charge in [-0.2, -0.15) is 0 Å². The molecular weight excluding hydrogens is 112 g/mol. The standard InChI is InChI=1S/C8H12O/c9-8-5-6-1-3-7(8)4-2-6/h1,3,6-9H,2,4-5H2/t6-,7-,8+/m1/s1. The van der Waals surface area contributed by atoms with E-state index in [4.69, 9.17) is 0 Å². The third-order valence-corrected chi connectivity index (χ3v) is 2.54. The first-order valence-corrected chi connectivity index (χ1v) is 3.72. The molecule has 1 N–H and O–H groups in total. The molecule has 0 aromatic heterocycles. The number of fused-ring (bicyclic) bond motifs is 2. The Balaban J connectivity index is 2.20. The molecule has 1 fully saturated rings. The van der Waals surface area contributed by atoms with E-state index in [0.717, 1.165) is 6.42 Å². The van der Waals surface area contributed by atoms with Crippen LogP contribution in [0, 0.1) is 11.8 Å². The quantitative estimate of drug-likeness (QED) is 0.483. The van der Waals surface area contributed by atoms with Crippen LogP contribution in [0.2, 0.25) is 0 Å². The van der Waals surface area contributed by atoms with Crippen LogP contribution in [0.4, 0.5) is 0 Å². The number of rotatable bonds is 0. The molecule has 0 aliphatic heterocycles. The lowest BCUT2D eigenvalue weighted by Gasteiger charge is -2.34. The molecule has 0 aromatic carbocycles. The zero-order valence-corrected chi connectivity index (χ0v) is 5.46. The van der Waals surface area contributed by atoms with E-state index in [0.29, 0.717) is 11.8 Å². The SMILES string of the molecule is O[C@H]1C[C@@H]2C=C[C@@H]1CC2. The largest absolute Gasteiger partial charge is 0.392 e. The summed E-state index contributed by atoms with van der Waals surface area (Å²) in [5, 5.41) is 9.35. The molecule has 9 heavy (non-hydrogen) atoms. The number of hydrogen-bond donors (Lipinski definition) is 1. The van der Waals surface area contributed by atoms with Crippen molar-refractivity contribution in [3.63, 3.8) is 0 Å². The van der Waals surface area contributed by atoms with Gasteiger partial charge in [-0.1, -0.05) is 12.2 Å². The molecular formula is C8H12O. The Morgan fingerprint density at radius 2 is 2.11 bits per heavy atom. The third kappa shape index (κ3) is 0.799. The Morgan fingerprint density at radius 3 is 2.33 bits per heavy atom. The van der Waals surface area contributed by atoms with Crippen LogP contribution in [0.1, 0.15) is 19.3 Å². The highest BCUT2D eigenvalue weighted by atomic mass is 16.3. The molecule has 0 saturated heterocycles. The molecule has 0 aromatic rings. The van der Waals surface area contributed by atoms with E-state index in [1.807, 2.05) is 0 Å². The van der Waals surface area contributed by atoms with Crippen molar-refractivity contribution >= 4 is 0 Å². The minimum Gasteiger partial charge on any atom is -0.392 e. The van der Waals surface area contributed by atoms with E-state index in [1.165, 1.54) is 12.8 Å². The van der Waals surface area contributed by atoms with E-state index in [1.54, 1.807) is 0 Å². The van der Waals surface area contributed by atoms with Gasteiger partial charge < -0.3 is 5.11 Å². The first-order chi connectivity index (χ1) is 4.36. The summed E-state index contributed by atoms with van der Waals surface area (Å²) < 4.78 is 0.